The monoisotopic (exact) mass is 268 g/mol. The van der Waals surface area contributed by atoms with Crippen LogP contribution in [-0.4, -0.2) is 19.0 Å². The molecule has 2 nitrogen and oxygen atoms in total. The SMILES string of the molecule is CNc1ccc(CN(C)Cc2ccc(C)cc2C)cc1. The van der Waals surface area contributed by atoms with Gasteiger partial charge in [0.2, 0.25) is 0 Å². The molecular weight excluding hydrogens is 244 g/mol. The van der Waals surface area contributed by atoms with Crippen molar-refractivity contribution in [1.82, 2.24) is 4.90 Å². The Hall–Kier alpha value is -1.80. The molecule has 106 valence electrons. The molecule has 0 heterocycles. The second-order valence-corrected chi connectivity index (χ2v) is 5.55. The Kier molecular flexibility index (Phi) is 4.80. The van der Waals surface area contributed by atoms with E-state index in [0.29, 0.717) is 0 Å². The molecule has 0 saturated heterocycles. The summed E-state index contributed by atoms with van der Waals surface area (Å²) in [5.74, 6) is 0. The molecule has 0 radical (unpaired) electrons. The zero-order chi connectivity index (χ0) is 14.5. The van der Waals surface area contributed by atoms with Crippen molar-refractivity contribution in [1.29, 1.82) is 0 Å². The van der Waals surface area contributed by atoms with Gasteiger partial charge in [-0.1, -0.05) is 35.9 Å². The molecule has 0 unspecified atom stereocenters. The van der Waals surface area contributed by atoms with Crippen molar-refractivity contribution >= 4 is 5.69 Å². The van der Waals surface area contributed by atoms with E-state index in [0.717, 1.165) is 18.8 Å². The molecule has 0 amide bonds. The van der Waals surface area contributed by atoms with Gasteiger partial charge in [0.05, 0.1) is 0 Å². The minimum atomic E-state index is 0.970. The lowest BCUT2D eigenvalue weighted by atomic mass is 10.1. The van der Waals surface area contributed by atoms with Crippen molar-refractivity contribution in [2.24, 2.45) is 0 Å². The highest BCUT2D eigenvalue weighted by atomic mass is 15.1. The molecule has 20 heavy (non-hydrogen) atoms. The number of aryl methyl sites for hydroxylation is 2. The van der Waals surface area contributed by atoms with Crippen molar-refractivity contribution in [2.75, 3.05) is 19.4 Å². The Morgan fingerprint density at radius 3 is 2.25 bits per heavy atom. The van der Waals surface area contributed by atoms with Crippen LogP contribution in [0.3, 0.4) is 0 Å². The van der Waals surface area contributed by atoms with Gasteiger partial charge in [-0.25, -0.2) is 0 Å². The lowest BCUT2D eigenvalue weighted by Gasteiger charge is -2.18. The van der Waals surface area contributed by atoms with Crippen LogP contribution in [0.1, 0.15) is 22.3 Å². The Bertz CT molecular complexity index is 558. The van der Waals surface area contributed by atoms with Gasteiger partial charge < -0.3 is 5.32 Å². The zero-order valence-corrected chi connectivity index (χ0v) is 12.9. The number of hydrogen-bond donors (Lipinski definition) is 1. The topological polar surface area (TPSA) is 15.3 Å². The summed E-state index contributed by atoms with van der Waals surface area (Å²) in [4.78, 5) is 2.35. The van der Waals surface area contributed by atoms with Crippen LogP contribution in [0.2, 0.25) is 0 Å². The Balaban J connectivity index is 1.99. The van der Waals surface area contributed by atoms with Gasteiger partial charge in [0.15, 0.2) is 0 Å². The van der Waals surface area contributed by atoms with E-state index >= 15 is 0 Å². The van der Waals surface area contributed by atoms with Crippen LogP contribution in [-0.2, 0) is 13.1 Å². The van der Waals surface area contributed by atoms with Crippen LogP contribution in [0.25, 0.3) is 0 Å². The summed E-state index contributed by atoms with van der Waals surface area (Å²) in [6.45, 7) is 6.29. The van der Waals surface area contributed by atoms with Gasteiger partial charge in [0, 0.05) is 25.8 Å². The van der Waals surface area contributed by atoms with E-state index in [1.54, 1.807) is 0 Å². The normalized spacial score (nSPS) is 10.8. The third kappa shape index (κ3) is 3.84. The van der Waals surface area contributed by atoms with E-state index in [1.807, 2.05) is 7.05 Å². The van der Waals surface area contributed by atoms with E-state index in [2.05, 4.69) is 73.6 Å². The van der Waals surface area contributed by atoms with Crippen LogP contribution in [0.15, 0.2) is 42.5 Å². The third-order valence-corrected chi connectivity index (χ3v) is 3.63. The molecule has 2 rings (SSSR count). The maximum absolute atomic E-state index is 3.15. The van der Waals surface area contributed by atoms with Gasteiger partial charge in [-0.3, -0.25) is 4.90 Å². The van der Waals surface area contributed by atoms with E-state index in [4.69, 9.17) is 0 Å². The van der Waals surface area contributed by atoms with E-state index in [-0.39, 0.29) is 0 Å². The van der Waals surface area contributed by atoms with Gasteiger partial charge in [-0.05, 0) is 49.7 Å². The first-order valence-electron chi connectivity index (χ1n) is 7.10. The second-order valence-electron chi connectivity index (χ2n) is 5.55. The molecule has 0 saturated carbocycles. The van der Waals surface area contributed by atoms with Crippen LogP contribution >= 0.6 is 0 Å². The lowest BCUT2D eigenvalue weighted by molar-refractivity contribution is 0.318. The molecule has 0 aliphatic rings. The molecule has 2 heteroatoms. The molecule has 1 N–H and O–H groups in total. The first kappa shape index (κ1) is 14.6. The maximum Gasteiger partial charge on any atom is 0.0337 e. The van der Waals surface area contributed by atoms with Crippen LogP contribution in [0.4, 0.5) is 5.69 Å². The fraction of sp³-hybridized carbons (Fsp3) is 0.333. The second kappa shape index (κ2) is 6.58. The molecule has 0 bridgehead atoms. The van der Waals surface area contributed by atoms with Crippen LogP contribution < -0.4 is 5.32 Å². The van der Waals surface area contributed by atoms with E-state index < -0.39 is 0 Å². The Morgan fingerprint density at radius 2 is 1.65 bits per heavy atom. The average molecular weight is 268 g/mol. The summed E-state index contributed by atoms with van der Waals surface area (Å²) in [5.41, 5.74) is 6.62. The largest absolute Gasteiger partial charge is 0.388 e. The molecule has 0 atom stereocenters. The van der Waals surface area contributed by atoms with Crippen molar-refractivity contribution in [2.45, 2.75) is 26.9 Å². The summed E-state index contributed by atoms with van der Waals surface area (Å²) in [7, 11) is 4.12. The number of hydrogen-bond acceptors (Lipinski definition) is 2. The predicted molar refractivity (Wildman–Crippen MR) is 87.1 cm³/mol. The maximum atomic E-state index is 3.15. The highest BCUT2D eigenvalue weighted by molar-refractivity contribution is 5.43. The minimum Gasteiger partial charge on any atom is -0.388 e. The Labute approximate surface area is 122 Å². The first-order valence-corrected chi connectivity index (χ1v) is 7.10. The van der Waals surface area contributed by atoms with Gasteiger partial charge in [0.25, 0.3) is 0 Å². The predicted octanol–water partition coefficient (Wildman–Crippen LogP) is 3.98. The van der Waals surface area contributed by atoms with E-state index in [9.17, 15) is 0 Å². The molecule has 0 aromatic heterocycles. The standard InChI is InChI=1S/C18H24N2/c1-14-5-8-17(15(2)11-14)13-20(4)12-16-6-9-18(19-3)10-7-16/h5-11,19H,12-13H2,1-4H3. The fourth-order valence-corrected chi connectivity index (χ4v) is 2.46. The van der Waals surface area contributed by atoms with Crippen molar-refractivity contribution in [3.8, 4) is 0 Å². The Morgan fingerprint density at radius 1 is 0.950 bits per heavy atom. The molecule has 2 aromatic rings. The number of nitrogens with one attached hydrogen (secondary N) is 1. The van der Waals surface area contributed by atoms with Gasteiger partial charge in [-0.2, -0.15) is 0 Å². The van der Waals surface area contributed by atoms with Gasteiger partial charge in [-0.15, -0.1) is 0 Å². The van der Waals surface area contributed by atoms with Crippen molar-refractivity contribution < 1.29 is 0 Å². The summed E-state index contributed by atoms with van der Waals surface area (Å²) in [6.07, 6.45) is 0. The van der Waals surface area contributed by atoms with E-state index in [1.165, 1.54) is 22.3 Å². The smallest absolute Gasteiger partial charge is 0.0337 e. The molecule has 0 fully saturated rings. The number of benzene rings is 2. The number of nitrogens with zero attached hydrogens (tertiary/aromatic N) is 1. The average Bonchev–Trinajstić information content (AvgIpc) is 2.43. The summed E-state index contributed by atoms with van der Waals surface area (Å²) >= 11 is 0. The lowest BCUT2D eigenvalue weighted by Crippen LogP contribution is -2.17. The molecular formula is C18H24N2. The summed E-state index contributed by atoms with van der Waals surface area (Å²) in [6, 6.07) is 15.3. The minimum absolute atomic E-state index is 0.970. The zero-order valence-electron chi connectivity index (χ0n) is 12.9. The van der Waals surface area contributed by atoms with Crippen LogP contribution in [0.5, 0.6) is 0 Å². The fourth-order valence-electron chi connectivity index (χ4n) is 2.46. The molecule has 0 aliphatic heterocycles. The van der Waals surface area contributed by atoms with Crippen molar-refractivity contribution in [3.63, 3.8) is 0 Å². The van der Waals surface area contributed by atoms with Gasteiger partial charge >= 0.3 is 0 Å². The molecule has 2 aromatic carbocycles. The van der Waals surface area contributed by atoms with Crippen LogP contribution in [0, 0.1) is 13.8 Å². The third-order valence-electron chi connectivity index (χ3n) is 3.63. The number of anilines is 1. The van der Waals surface area contributed by atoms with Crippen molar-refractivity contribution in [3.05, 3.63) is 64.7 Å². The molecule has 0 spiro atoms. The number of rotatable bonds is 5. The highest BCUT2D eigenvalue weighted by Crippen LogP contribution is 2.15. The highest BCUT2D eigenvalue weighted by Gasteiger charge is 2.04. The quantitative estimate of drug-likeness (QED) is 0.882. The first-order chi connectivity index (χ1) is 9.58. The van der Waals surface area contributed by atoms with Gasteiger partial charge in [0.1, 0.15) is 0 Å². The summed E-state index contributed by atoms with van der Waals surface area (Å²) < 4.78 is 0. The summed E-state index contributed by atoms with van der Waals surface area (Å²) in [5, 5.41) is 3.15. The molecule has 0 aliphatic carbocycles.